The van der Waals surface area contributed by atoms with Crippen LogP contribution in [-0.4, -0.2) is 15.5 Å². The molecule has 0 aromatic carbocycles. The molecule has 0 saturated heterocycles. The summed E-state index contributed by atoms with van der Waals surface area (Å²) < 4.78 is 0. The van der Waals surface area contributed by atoms with E-state index in [4.69, 9.17) is 5.73 Å². The van der Waals surface area contributed by atoms with Gasteiger partial charge in [-0.2, -0.15) is 5.10 Å². The van der Waals surface area contributed by atoms with Crippen molar-refractivity contribution >= 4 is 27.8 Å². The Morgan fingerprint density at radius 2 is 2.55 bits per heavy atom. The number of hydrogen-bond acceptors (Lipinski definition) is 2. The van der Waals surface area contributed by atoms with Crippen LogP contribution in [0.5, 0.6) is 0 Å². The van der Waals surface area contributed by atoms with Crippen LogP contribution in [0.4, 0.5) is 5.82 Å². The molecule has 0 unspecified atom stereocenters. The minimum absolute atomic E-state index is 0.621. The van der Waals surface area contributed by atoms with E-state index in [1.54, 1.807) is 6.20 Å². The number of nitrogen functional groups attached to an aromatic ring is 1. The molecule has 0 bridgehead atoms. The summed E-state index contributed by atoms with van der Waals surface area (Å²) in [5, 5.41) is 7.42. The zero-order valence-corrected chi connectivity index (χ0v) is 7.63. The smallest absolute Gasteiger partial charge is 0.126 e. The van der Waals surface area contributed by atoms with Crippen molar-refractivity contribution in [3.63, 3.8) is 0 Å². The summed E-state index contributed by atoms with van der Waals surface area (Å²) in [4.78, 5) is 0. The number of hydrogen-bond donors (Lipinski definition) is 2. The van der Waals surface area contributed by atoms with Crippen LogP contribution in [0.15, 0.2) is 12.3 Å². The van der Waals surface area contributed by atoms with Crippen molar-refractivity contribution in [2.75, 3.05) is 11.1 Å². The Morgan fingerprint density at radius 3 is 3.09 bits per heavy atom. The first kappa shape index (κ1) is 8.33. The number of anilines is 1. The van der Waals surface area contributed by atoms with Gasteiger partial charge in [0.1, 0.15) is 5.82 Å². The van der Waals surface area contributed by atoms with Gasteiger partial charge in [0.15, 0.2) is 0 Å². The van der Waals surface area contributed by atoms with E-state index in [9.17, 15) is 0 Å². The SMILES string of the molecule is Nc1[nH]ncc1C=CCCBr. The van der Waals surface area contributed by atoms with Crippen molar-refractivity contribution < 1.29 is 0 Å². The van der Waals surface area contributed by atoms with Crippen molar-refractivity contribution in [1.82, 2.24) is 10.2 Å². The number of aromatic amines is 1. The molecular formula is C7H10BrN3. The van der Waals surface area contributed by atoms with Crippen molar-refractivity contribution in [3.05, 3.63) is 17.8 Å². The first-order valence-corrected chi connectivity index (χ1v) is 4.48. The molecule has 1 heterocycles. The molecule has 0 aliphatic heterocycles. The molecular weight excluding hydrogens is 206 g/mol. The zero-order chi connectivity index (χ0) is 8.10. The number of halogens is 1. The summed E-state index contributed by atoms with van der Waals surface area (Å²) in [6, 6.07) is 0. The first-order chi connectivity index (χ1) is 5.34. The standard InChI is InChI=1S/C7H10BrN3/c8-4-2-1-3-6-5-10-11-7(6)9/h1,3,5H,2,4H2,(H3,9,10,11). The van der Waals surface area contributed by atoms with Crippen molar-refractivity contribution in [1.29, 1.82) is 0 Å². The van der Waals surface area contributed by atoms with E-state index in [0.29, 0.717) is 5.82 Å². The lowest BCUT2D eigenvalue weighted by atomic mass is 10.3. The van der Waals surface area contributed by atoms with Gasteiger partial charge in [-0.15, -0.1) is 0 Å². The topological polar surface area (TPSA) is 54.7 Å². The van der Waals surface area contributed by atoms with Gasteiger partial charge in [0.25, 0.3) is 0 Å². The van der Waals surface area contributed by atoms with Crippen LogP contribution in [0, 0.1) is 0 Å². The van der Waals surface area contributed by atoms with Crippen molar-refractivity contribution in [3.8, 4) is 0 Å². The lowest BCUT2D eigenvalue weighted by Crippen LogP contribution is -1.85. The summed E-state index contributed by atoms with van der Waals surface area (Å²) in [6.07, 6.45) is 6.72. The average molecular weight is 216 g/mol. The maximum atomic E-state index is 5.54. The highest BCUT2D eigenvalue weighted by Gasteiger charge is 1.93. The molecule has 4 heteroatoms. The van der Waals surface area contributed by atoms with Crippen LogP contribution in [0.25, 0.3) is 6.08 Å². The Labute approximate surface area is 73.8 Å². The maximum Gasteiger partial charge on any atom is 0.126 e. The highest BCUT2D eigenvalue weighted by molar-refractivity contribution is 9.09. The lowest BCUT2D eigenvalue weighted by Gasteiger charge is -1.87. The molecule has 0 atom stereocenters. The highest BCUT2D eigenvalue weighted by Crippen LogP contribution is 2.08. The number of aromatic nitrogens is 2. The molecule has 0 aliphatic rings. The van der Waals surface area contributed by atoms with Gasteiger partial charge in [0, 0.05) is 10.9 Å². The number of rotatable bonds is 3. The van der Waals surface area contributed by atoms with Crippen LogP contribution in [0.3, 0.4) is 0 Å². The highest BCUT2D eigenvalue weighted by atomic mass is 79.9. The molecule has 0 radical (unpaired) electrons. The first-order valence-electron chi connectivity index (χ1n) is 3.36. The van der Waals surface area contributed by atoms with E-state index in [2.05, 4.69) is 32.2 Å². The molecule has 3 N–H and O–H groups in total. The van der Waals surface area contributed by atoms with E-state index in [1.807, 2.05) is 6.08 Å². The van der Waals surface area contributed by atoms with E-state index in [1.165, 1.54) is 0 Å². The van der Waals surface area contributed by atoms with Crippen molar-refractivity contribution in [2.45, 2.75) is 6.42 Å². The summed E-state index contributed by atoms with van der Waals surface area (Å²) in [5.74, 6) is 0.621. The molecule has 0 aliphatic carbocycles. The van der Waals surface area contributed by atoms with Gasteiger partial charge in [0.05, 0.1) is 6.20 Å². The quantitative estimate of drug-likeness (QED) is 0.756. The Hall–Kier alpha value is -0.770. The predicted molar refractivity (Wildman–Crippen MR) is 50.4 cm³/mol. The summed E-state index contributed by atoms with van der Waals surface area (Å²) in [5.41, 5.74) is 6.49. The van der Waals surface area contributed by atoms with Gasteiger partial charge in [-0.05, 0) is 6.42 Å². The van der Waals surface area contributed by atoms with Gasteiger partial charge in [-0.3, -0.25) is 5.10 Å². The van der Waals surface area contributed by atoms with Crippen molar-refractivity contribution in [2.24, 2.45) is 0 Å². The second-order valence-electron chi connectivity index (χ2n) is 2.12. The molecule has 0 saturated carbocycles. The Balaban J connectivity index is 2.56. The number of nitrogens with one attached hydrogen (secondary N) is 1. The van der Waals surface area contributed by atoms with Gasteiger partial charge < -0.3 is 5.73 Å². The molecule has 0 spiro atoms. The number of H-pyrrole nitrogens is 1. The van der Waals surface area contributed by atoms with Crippen LogP contribution < -0.4 is 5.73 Å². The fraction of sp³-hybridized carbons (Fsp3) is 0.286. The van der Waals surface area contributed by atoms with Gasteiger partial charge >= 0.3 is 0 Å². The van der Waals surface area contributed by atoms with E-state index >= 15 is 0 Å². The summed E-state index contributed by atoms with van der Waals surface area (Å²) in [6.45, 7) is 0. The van der Waals surface area contributed by atoms with Gasteiger partial charge in [-0.25, -0.2) is 0 Å². The van der Waals surface area contributed by atoms with Crippen LogP contribution in [0.2, 0.25) is 0 Å². The fourth-order valence-electron chi connectivity index (χ4n) is 0.712. The summed E-state index contributed by atoms with van der Waals surface area (Å²) in [7, 11) is 0. The molecule has 11 heavy (non-hydrogen) atoms. The second-order valence-corrected chi connectivity index (χ2v) is 2.91. The van der Waals surface area contributed by atoms with E-state index < -0.39 is 0 Å². The molecule has 1 aromatic heterocycles. The van der Waals surface area contributed by atoms with E-state index in [-0.39, 0.29) is 0 Å². The third-order valence-electron chi connectivity index (χ3n) is 1.27. The molecule has 3 nitrogen and oxygen atoms in total. The zero-order valence-electron chi connectivity index (χ0n) is 6.05. The number of allylic oxidation sites excluding steroid dienone is 1. The molecule has 0 amide bonds. The van der Waals surface area contributed by atoms with Crippen LogP contribution >= 0.6 is 15.9 Å². The Bertz CT molecular complexity index is 242. The minimum Gasteiger partial charge on any atom is -0.384 e. The second kappa shape index (κ2) is 4.18. The van der Waals surface area contributed by atoms with Gasteiger partial charge in [-0.1, -0.05) is 28.1 Å². The molecule has 0 fully saturated rings. The predicted octanol–water partition coefficient (Wildman–Crippen LogP) is 1.79. The minimum atomic E-state index is 0.621. The summed E-state index contributed by atoms with van der Waals surface area (Å²) >= 11 is 3.33. The number of nitrogens with zero attached hydrogens (tertiary/aromatic N) is 1. The van der Waals surface area contributed by atoms with E-state index in [0.717, 1.165) is 17.3 Å². The molecule has 1 rings (SSSR count). The Morgan fingerprint density at radius 1 is 1.73 bits per heavy atom. The lowest BCUT2D eigenvalue weighted by molar-refractivity contribution is 1.10. The van der Waals surface area contributed by atoms with Crippen LogP contribution in [0.1, 0.15) is 12.0 Å². The Kier molecular flexibility index (Phi) is 3.16. The third-order valence-corrected chi connectivity index (χ3v) is 1.73. The average Bonchev–Trinajstić information content (AvgIpc) is 2.37. The number of nitrogens with two attached hydrogens (primary N) is 1. The van der Waals surface area contributed by atoms with Crippen LogP contribution in [-0.2, 0) is 0 Å². The molecule has 1 aromatic rings. The van der Waals surface area contributed by atoms with Gasteiger partial charge in [0.2, 0.25) is 0 Å². The normalized spacial score (nSPS) is 11.0. The maximum absolute atomic E-state index is 5.54. The fourth-order valence-corrected chi connectivity index (χ4v) is 0.976. The monoisotopic (exact) mass is 215 g/mol. The largest absolute Gasteiger partial charge is 0.384 e. The third kappa shape index (κ3) is 2.38. The number of alkyl halides is 1. The molecule has 60 valence electrons.